The molecule has 2 aromatic rings. The van der Waals surface area contributed by atoms with Crippen LogP contribution in [0.5, 0.6) is 0 Å². The van der Waals surface area contributed by atoms with Crippen molar-refractivity contribution in [2.24, 2.45) is 0 Å². The van der Waals surface area contributed by atoms with Gasteiger partial charge in [-0.05, 0) is 41.8 Å². The molecule has 0 radical (unpaired) electrons. The Kier molecular flexibility index (Phi) is 6.54. The Morgan fingerprint density at radius 2 is 1.75 bits per heavy atom. The van der Waals surface area contributed by atoms with E-state index in [1.165, 1.54) is 0 Å². The fourth-order valence-electron chi connectivity index (χ4n) is 2.15. The highest BCUT2D eigenvalue weighted by Crippen LogP contribution is 2.23. The highest BCUT2D eigenvalue weighted by atomic mass is 79.9. The van der Waals surface area contributed by atoms with Crippen molar-refractivity contribution in [2.45, 2.75) is 18.6 Å². The second-order valence-corrected chi connectivity index (χ2v) is 6.26. The maximum Gasteiger partial charge on any atom is 0.322 e. The molecule has 2 atom stereocenters. The first kappa shape index (κ1) is 18.2. The van der Waals surface area contributed by atoms with E-state index < -0.39 is 18.1 Å². The number of nitrogens with one attached hydrogen (secondary N) is 2. The van der Waals surface area contributed by atoms with Crippen LogP contribution in [0, 0.1) is 0 Å². The minimum absolute atomic E-state index is 0.0922. The second-order valence-electron chi connectivity index (χ2n) is 5.34. The minimum atomic E-state index is -1.03. The van der Waals surface area contributed by atoms with Crippen LogP contribution < -0.4 is 10.9 Å². The van der Waals surface area contributed by atoms with Crippen molar-refractivity contribution in [1.82, 2.24) is 5.43 Å². The zero-order valence-electron chi connectivity index (χ0n) is 12.9. The van der Waals surface area contributed by atoms with Crippen molar-refractivity contribution < 1.29 is 15.0 Å². The number of hydrazine groups is 1. The van der Waals surface area contributed by atoms with Crippen molar-refractivity contribution in [3.05, 3.63) is 76.8 Å². The number of carbonyl (C=O) groups is 1. The number of halogens is 1. The van der Waals surface area contributed by atoms with Crippen molar-refractivity contribution in [3.8, 4) is 0 Å². The molecule has 2 rings (SSSR count). The Hall–Kier alpha value is -2.15. The molecule has 0 amide bonds. The van der Waals surface area contributed by atoms with Gasteiger partial charge in [-0.3, -0.25) is 4.79 Å². The number of aliphatic carboxylic acids is 1. The minimum Gasteiger partial charge on any atom is -0.480 e. The smallest absolute Gasteiger partial charge is 0.322 e. The summed E-state index contributed by atoms with van der Waals surface area (Å²) in [5, 5.41) is 19.7. The number of aliphatic hydroxyl groups is 1. The van der Waals surface area contributed by atoms with Crippen LogP contribution in [0.2, 0.25) is 0 Å². The number of hydrogen-bond donors (Lipinski definition) is 4. The van der Waals surface area contributed by atoms with Gasteiger partial charge in [-0.15, -0.1) is 0 Å². The molecule has 0 bridgehead atoms. The van der Waals surface area contributed by atoms with Crippen molar-refractivity contribution in [2.75, 3.05) is 5.43 Å². The summed E-state index contributed by atoms with van der Waals surface area (Å²) in [6, 6.07) is 15.4. The Bertz CT molecular complexity index is 689. The first-order valence-corrected chi connectivity index (χ1v) is 8.17. The summed E-state index contributed by atoms with van der Waals surface area (Å²) in [4.78, 5) is 11.4. The summed E-state index contributed by atoms with van der Waals surface area (Å²) >= 11 is 3.34. The van der Waals surface area contributed by atoms with Gasteiger partial charge in [0.1, 0.15) is 6.04 Å². The zero-order valence-corrected chi connectivity index (χ0v) is 14.5. The lowest BCUT2D eigenvalue weighted by Crippen LogP contribution is -2.40. The molecule has 0 heterocycles. The molecule has 0 aliphatic heterocycles. The van der Waals surface area contributed by atoms with Crippen LogP contribution in [-0.4, -0.2) is 22.2 Å². The van der Waals surface area contributed by atoms with E-state index in [9.17, 15) is 15.0 Å². The third kappa shape index (κ3) is 5.19. The zero-order chi connectivity index (χ0) is 17.5. The number of hydrogen-bond acceptors (Lipinski definition) is 4. The Morgan fingerprint density at radius 1 is 1.12 bits per heavy atom. The van der Waals surface area contributed by atoms with Crippen LogP contribution in [0.25, 0.3) is 0 Å². The molecule has 0 saturated heterocycles. The van der Waals surface area contributed by atoms with E-state index in [-0.39, 0.29) is 6.42 Å². The van der Waals surface area contributed by atoms with Gasteiger partial charge in [-0.2, -0.15) is 0 Å². The summed E-state index contributed by atoms with van der Waals surface area (Å²) in [5.41, 5.74) is 7.47. The predicted molar refractivity (Wildman–Crippen MR) is 97.5 cm³/mol. The third-order valence-corrected chi connectivity index (χ3v) is 4.03. The van der Waals surface area contributed by atoms with Crippen molar-refractivity contribution >= 4 is 27.6 Å². The van der Waals surface area contributed by atoms with Gasteiger partial charge in [0.15, 0.2) is 0 Å². The number of benzene rings is 2. The summed E-state index contributed by atoms with van der Waals surface area (Å²) < 4.78 is 0.933. The van der Waals surface area contributed by atoms with E-state index in [4.69, 9.17) is 0 Å². The molecular formula is C18H19BrN2O3. The van der Waals surface area contributed by atoms with Gasteiger partial charge < -0.3 is 15.6 Å². The molecule has 2 unspecified atom stereocenters. The molecule has 2 aromatic carbocycles. The molecule has 0 saturated carbocycles. The lowest BCUT2D eigenvalue weighted by molar-refractivity contribution is -0.139. The highest BCUT2D eigenvalue weighted by Gasteiger charge is 2.22. The summed E-state index contributed by atoms with van der Waals surface area (Å²) in [6.45, 7) is 3.83. The lowest BCUT2D eigenvalue weighted by atomic mass is 9.97. The van der Waals surface area contributed by atoms with E-state index in [0.29, 0.717) is 11.1 Å². The van der Waals surface area contributed by atoms with Crippen molar-refractivity contribution in [1.29, 1.82) is 0 Å². The topological polar surface area (TPSA) is 81.6 Å². The van der Waals surface area contributed by atoms with Gasteiger partial charge in [0.25, 0.3) is 0 Å². The normalized spacial score (nSPS) is 13.1. The molecule has 0 spiro atoms. The molecule has 0 aliphatic carbocycles. The fourth-order valence-corrected chi connectivity index (χ4v) is 2.41. The SMILES string of the molecule is C=C(CC(NNc1ccc(Br)cc1)C(=O)O)C(O)c1ccccc1. The Labute approximate surface area is 149 Å². The first-order valence-electron chi connectivity index (χ1n) is 7.38. The van der Waals surface area contributed by atoms with Crippen LogP contribution in [-0.2, 0) is 4.79 Å². The summed E-state index contributed by atoms with van der Waals surface area (Å²) in [6.07, 6.45) is -0.808. The summed E-state index contributed by atoms with van der Waals surface area (Å²) in [5.74, 6) is -1.03. The predicted octanol–water partition coefficient (Wildman–Crippen LogP) is 3.50. The standard InChI is InChI=1S/C18H19BrN2O3/c1-12(17(22)13-5-3-2-4-6-13)11-16(18(23)24)21-20-15-9-7-14(19)8-10-15/h2-10,16-17,20-22H,1,11H2,(H,23,24). The van der Waals surface area contributed by atoms with E-state index in [1.54, 1.807) is 12.1 Å². The Balaban J connectivity index is 1.96. The maximum absolute atomic E-state index is 11.4. The third-order valence-electron chi connectivity index (χ3n) is 3.50. The van der Waals surface area contributed by atoms with Crippen LogP contribution in [0.15, 0.2) is 71.2 Å². The molecule has 0 fully saturated rings. The molecule has 0 aromatic heterocycles. The highest BCUT2D eigenvalue weighted by molar-refractivity contribution is 9.10. The lowest BCUT2D eigenvalue weighted by Gasteiger charge is -2.20. The van der Waals surface area contributed by atoms with Gasteiger partial charge in [-0.25, -0.2) is 5.43 Å². The van der Waals surface area contributed by atoms with Crippen molar-refractivity contribution in [3.63, 3.8) is 0 Å². The average Bonchev–Trinajstić information content (AvgIpc) is 2.59. The molecule has 24 heavy (non-hydrogen) atoms. The van der Waals surface area contributed by atoms with Gasteiger partial charge in [0.2, 0.25) is 0 Å². The van der Waals surface area contributed by atoms with Crippen LogP contribution in [0.4, 0.5) is 5.69 Å². The van der Waals surface area contributed by atoms with E-state index in [0.717, 1.165) is 10.2 Å². The van der Waals surface area contributed by atoms with Crippen LogP contribution in [0.1, 0.15) is 18.1 Å². The van der Waals surface area contributed by atoms with Gasteiger partial charge in [0.05, 0.1) is 6.10 Å². The Morgan fingerprint density at radius 3 is 2.33 bits per heavy atom. The average molecular weight is 391 g/mol. The molecule has 5 nitrogen and oxygen atoms in total. The molecule has 6 heteroatoms. The van der Waals surface area contributed by atoms with Gasteiger partial charge in [-0.1, -0.05) is 52.8 Å². The molecule has 126 valence electrons. The second kappa shape index (κ2) is 8.63. The number of rotatable bonds is 8. The quantitative estimate of drug-likeness (QED) is 0.409. The fraction of sp³-hybridized carbons (Fsp3) is 0.167. The van der Waals surface area contributed by atoms with E-state index in [2.05, 4.69) is 33.4 Å². The van der Waals surface area contributed by atoms with Gasteiger partial charge in [0, 0.05) is 10.2 Å². The van der Waals surface area contributed by atoms with E-state index >= 15 is 0 Å². The monoisotopic (exact) mass is 390 g/mol. The molecular weight excluding hydrogens is 372 g/mol. The largest absolute Gasteiger partial charge is 0.480 e. The van der Waals surface area contributed by atoms with Crippen LogP contribution in [0.3, 0.4) is 0 Å². The van der Waals surface area contributed by atoms with Crippen LogP contribution >= 0.6 is 15.9 Å². The number of aliphatic hydroxyl groups excluding tert-OH is 1. The maximum atomic E-state index is 11.4. The number of carboxylic acid groups (broad SMARTS) is 1. The molecule has 0 aliphatic rings. The first-order chi connectivity index (χ1) is 11.5. The number of carboxylic acids is 1. The molecule has 4 N–H and O–H groups in total. The number of anilines is 1. The van der Waals surface area contributed by atoms with E-state index in [1.807, 2.05) is 42.5 Å². The summed E-state index contributed by atoms with van der Waals surface area (Å²) in [7, 11) is 0. The van der Waals surface area contributed by atoms with Gasteiger partial charge >= 0.3 is 5.97 Å².